The molecular weight excluding hydrogens is 929 g/mol. The summed E-state index contributed by atoms with van der Waals surface area (Å²) in [5.41, 5.74) is 5.79. The van der Waals surface area contributed by atoms with Crippen LogP contribution in [-0.4, -0.2) is 103 Å². The highest BCUT2D eigenvalue weighted by Gasteiger charge is 2.41. The van der Waals surface area contributed by atoms with Gasteiger partial charge in [0.05, 0.1) is 43.9 Å². The molecular formula is C44H60N8O8S5. The molecule has 2 saturated heterocycles. The van der Waals surface area contributed by atoms with Crippen LogP contribution < -0.4 is 16.0 Å². The summed E-state index contributed by atoms with van der Waals surface area (Å²) in [7, 11) is -1.55. The number of hydrogen-bond donors (Lipinski definition) is 4. The van der Waals surface area contributed by atoms with Crippen LogP contribution in [-0.2, 0) is 29.1 Å². The highest BCUT2D eigenvalue weighted by molar-refractivity contribution is 7.90. The van der Waals surface area contributed by atoms with E-state index in [1.165, 1.54) is 14.2 Å². The Labute approximate surface area is 408 Å². The predicted molar refractivity (Wildman–Crippen MR) is 271 cm³/mol. The number of H-pyrrole nitrogens is 1. The number of aromatic amines is 1. The summed E-state index contributed by atoms with van der Waals surface area (Å²) in [6.07, 6.45) is 3.15. The highest BCUT2D eigenvalue weighted by atomic mass is 32.2. The van der Waals surface area contributed by atoms with Gasteiger partial charge in [-0.15, -0.1) is 4.40 Å². The van der Waals surface area contributed by atoms with E-state index in [-0.39, 0.29) is 94.4 Å². The van der Waals surface area contributed by atoms with Crippen molar-refractivity contribution >= 4 is 99.5 Å². The minimum atomic E-state index is -4.06. The second kappa shape index (κ2) is 23.1. The van der Waals surface area contributed by atoms with Crippen LogP contribution in [0.1, 0.15) is 65.2 Å². The average Bonchev–Trinajstić information content (AvgIpc) is 4.06. The number of fused-ring (bicyclic) bond motifs is 1. The van der Waals surface area contributed by atoms with Gasteiger partial charge in [0.2, 0.25) is 11.8 Å². The minimum Gasteiger partial charge on any atom is -0.453 e. The molecule has 4 atom stereocenters. The fraction of sp³-hybridized carbons (Fsp3) is 0.409. The van der Waals surface area contributed by atoms with E-state index in [1.807, 2.05) is 76.2 Å². The van der Waals surface area contributed by atoms with Crippen molar-refractivity contribution in [1.82, 2.24) is 30.4 Å². The van der Waals surface area contributed by atoms with Gasteiger partial charge in [0.1, 0.15) is 28.6 Å². The Bertz CT molecular complexity index is 2450. The van der Waals surface area contributed by atoms with Crippen LogP contribution in [0.15, 0.2) is 82.2 Å². The molecule has 4 heterocycles. The number of hydrogen-bond acceptors (Lipinski definition) is 10. The van der Waals surface area contributed by atoms with E-state index in [2.05, 4.69) is 30.3 Å². The number of nitrogens with one attached hydrogen (secondary N) is 4. The molecule has 4 N–H and O–H groups in total. The highest BCUT2D eigenvalue weighted by Crippen LogP contribution is 2.36. The molecule has 0 spiro atoms. The smallest absolute Gasteiger partial charge is 0.407 e. The average molecular weight is 989 g/mol. The fourth-order valence-corrected chi connectivity index (χ4v) is 9.40. The molecule has 3 aliphatic rings. The predicted octanol–water partition coefficient (Wildman–Crippen LogP) is 6.79. The van der Waals surface area contributed by atoms with Crippen molar-refractivity contribution in [2.24, 2.45) is 16.2 Å². The Balaban J connectivity index is 0.00000281. The maximum Gasteiger partial charge on any atom is 0.407 e. The Morgan fingerprint density at radius 1 is 0.677 bits per heavy atom. The summed E-state index contributed by atoms with van der Waals surface area (Å²) in [5.74, 6) is 0.00936. The molecule has 4 aromatic rings. The van der Waals surface area contributed by atoms with Gasteiger partial charge in [0, 0.05) is 13.1 Å². The van der Waals surface area contributed by atoms with Gasteiger partial charge < -0.3 is 40.2 Å². The lowest BCUT2D eigenvalue weighted by atomic mass is 9.99. The molecule has 16 nitrogen and oxygen atoms in total. The van der Waals surface area contributed by atoms with E-state index in [1.54, 1.807) is 34.2 Å². The lowest BCUT2D eigenvalue weighted by Crippen LogP contribution is -2.54. The first-order valence-electron chi connectivity index (χ1n) is 20.5. The van der Waals surface area contributed by atoms with E-state index in [0.717, 1.165) is 46.4 Å². The summed E-state index contributed by atoms with van der Waals surface area (Å²) in [6, 6.07) is 18.7. The number of carbonyl (C=O) groups excluding carboxylic acids is 4. The number of ether oxygens (including phenoxy) is 2. The molecule has 3 aromatic carbocycles. The largest absolute Gasteiger partial charge is 0.453 e. The molecule has 0 radical (unpaired) electrons. The molecule has 2 fully saturated rings. The molecule has 0 saturated carbocycles. The molecule has 0 bridgehead atoms. The number of alkyl carbamates (subject to hydrolysis) is 2. The van der Waals surface area contributed by atoms with Crippen LogP contribution in [0.2, 0.25) is 0 Å². The van der Waals surface area contributed by atoms with Crippen molar-refractivity contribution in [3.8, 4) is 33.5 Å². The maximum absolute atomic E-state index is 13.7. The Morgan fingerprint density at radius 2 is 1.12 bits per heavy atom. The SMILES string of the molecule is COC(=O)N[C@H](C(=O)N1CCC[C@H]1C1=NS(=O)(=O)c2ccc(-c3ccc(-c4ccc(-c5cnc([C@@H]6CCCN6C(=O)[C@@H](NC(=O)OC)C(C)C)[nH]5)cc4)cc3)cc2N1)C(C)C.S.S.S.S. The summed E-state index contributed by atoms with van der Waals surface area (Å²) < 4.78 is 40.5. The topological polar surface area (TPSA) is 204 Å². The molecule has 0 unspecified atom stereocenters. The number of likely N-dealkylation sites (tertiary alicyclic amines) is 2. The van der Waals surface area contributed by atoms with E-state index in [0.29, 0.717) is 37.4 Å². The molecule has 65 heavy (non-hydrogen) atoms. The number of imidazole rings is 1. The summed E-state index contributed by atoms with van der Waals surface area (Å²) in [5, 5.41) is 8.53. The Morgan fingerprint density at radius 3 is 1.62 bits per heavy atom. The first-order valence-corrected chi connectivity index (χ1v) is 21.9. The minimum absolute atomic E-state index is 0. The van der Waals surface area contributed by atoms with Crippen LogP contribution in [0, 0.1) is 11.8 Å². The number of amidine groups is 1. The number of aromatic nitrogens is 2. The van der Waals surface area contributed by atoms with Gasteiger partial charge in [-0.2, -0.15) is 62.4 Å². The second-order valence-electron chi connectivity index (χ2n) is 16.2. The number of rotatable bonds is 11. The van der Waals surface area contributed by atoms with Gasteiger partial charge in [-0.1, -0.05) is 82.3 Å². The Hall–Kier alpha value is -4.83. The third kappa shape index (κ3) is 11.8. The van der Waals surface area contributed by atoms with Gasteiger partial charge in [-0.3, -0.25) is 9.59 Å². The summed E-state index contributed by atoms with van der Waals surface area (Å²) >= 11 is 0. The van der Waals surface area contributed by atoms with Gasteiger partial charge in [0.15, 0.2) is 0 Å². The van der Waals surface area contributed by atoms with Gasteiger partial charge in [0.25, 0.3) is 10.0 Å². The Kier molecular flexibility index (Phi) is 19.3. The molecule has 21 heteroatoms. The molecule has 354 valence electrons. The van der Waals surface area contributed by atoms with Crippen molar-refractivity contribution in [2.75, 3.05) is 32.6 Å². The van der Waals surface area contributed by atoms with Crippen molar-refractivity contribution < 1.29 is 37.1 Å². The number of nitrogens with zero attached hydrogens (tertiary/aromatic N) is 4. The normalized spacial score (nSPS) is 17.9. The van der Waals surface area contributed by atoms with Crippen molar-refractivity contribution in [3.63, 3.8) is 0 Å². The third-order valence-electron chi connectivity index (χ3n) is 11.6. The number of anilines is 1. The zero-order valence-corrected chi connectivity index (χ0v) is 41.9. The summed E-state index contributed by atoms with van der Waals surface area (Å²) in [6.45, 7) is 8.37. The zero-order valence-electron chi connectivity index (χ0n) is 37.1. The van der Waals surface area contributed by atoms with Gasteiger partial charge in [-0.05, 0) is 77.5 Å². The number of methoxy groups -OCH3 is 2. The fourth-order valence-electron chi connectivity index (χ4n) is 8.25. The van der Waals surface area contributed by atoms with E-state index < -0.39 is 40.3 Å². The van der Waals surface area contributed by atoms with Gasteiger partial charge in [-0.25, -0.2) is 14.6 Å². The van der Waals surface area contributed by atoms with Crippen LogP contribution in [0.5, 0.6) is 0 Å². The van der Waals surface area contributed by atoms with E-state index in [9.17, 15) is 27.6 Å². The molecule has 1 aromatic heterocycles. The lowest BCUT2D eigenvalue weighted by molar-refractivity contribution is -0.135. The molecule has 3 aliphatic heterocycles. The monoisotopic (exact) mass is 988 g/mol. The third-order valence-corrected chi connectivity index (χ3v) is 12.9. The van der Waals surface area contributed by atoms with Crippen LogP contribution in [0.4, 0.5) is 15.3 Å². The molecule has 7 rings (SSSR count). The standard InChI is InChI=1S/C44H52N8O8S.4H2S/c1-25(2)37(48-43(55)59-5)41(53)51-21-7-9-34(51)39-45-24-33(47-39)30-17-15-28(16-18-30)27-11-13-29(14-12-27)31-19-20-36-32(23-31)46-40(50-61(36,57)58)35-10-8-22-52(35)42(54)38(26(3)4)49-44(56)60-6;;;;/h11-20,23-26,34-35,37-38H,7-10,21-22H2,1-6H3,(H,45,47)(H,46,50)(H,48,55)(H,49,56);4*1H2/t34-,35-,37-,38-;;;;/m0..../s1. The number of amides is 4. The quantitative estimate of drug-likeness (QED) is 0.124. The maximum atomic E-state index is 13.7. The number of sulfonamides is 1. The van der Waals surface area contributed by atoms with Crippen molar-refractivity contribution in [2.45, 2.75) is 82.4 Å². The zero-order chi connectivity index (χ0) is 43.6. The van der Waals surface area contributed by atoms with E-state index in [4.69, 9.17) is 9.47 Å². The summed E-state index contributed by atoms with van der Waals surface area (Å²) in [4.78, 5) is 62.7. The number of carbonyl (C=O) groups is 4. The van der Waals surface area contributed by atoms with E-state index >= 15 is 0 Å². The second-order valence-corrected chi connectivity index (χ2v) is 17.8. The first kappa shape index (κ1) is 54.5. The van der Waals surface area contributed by atoms with Gasteiger partial charge >= 0.3 is 12.2 Å². The van der Waals surface area contributed by atoms with Crippen molar-refractivity contribution in [3.05, 3.63) is 78.8 Å². The molecule has 4 amide bonds. The lowest BCUT2D eigenvalue weighted by Gasteiger charge is -2.32. The van der Waals surface area contributed by atoms with Crippen LogP contribution >= 0.6 is 54.0 Å². The van der Waals surface area contributed by atoms with Crippen LogP contribution in [0.3, 0.4) is 0 Å². The van der Waals surface area contributed by atoms with Crippen LogP contribution in [0.25, 0.3) is 33.5 Å². The number of benzene rings is 3. The molecule has 0 aliphatic carbocycles. The van der Waals surface area contributed by atoms with Crippen molar-refractivity contribution in [1.29, 1.82) is 0 Å². The first-order chi connectivity index (χ1) is 29.2.